The lowest BCUT2D eigenvalue weighted by atomic mass is 10.0. The first-order valence-corrected chi connectivity index (χ1v) is 5.42. The van der Waals surface area contributed by atoms with Crippen molar-refractivity contribution in [3.8, 4) is 0 Å². The van der Waals surface area contributed by atoms with Crippen LogP contribution in [0.4, 0.5) is 0 Å². The molecule has 0 amide bonds. The molecule has 0 aromatic heterocycles. The van der Waals surface area contributed by atoms with Gasteiger partial charge in [0.1, 0.15) is 0 Å². The Kier molecular flexibility index (Phi) is 6.43. The van der Waals surface area contributed by atoms with Crippen molar-refractivity contribution in [2.45, 2.75) is 34.1 Å². The highest BCUT2D eigenvalue weighted by Gasteiger charge is 2.02. The quantitative estimate of drug-likeness (QED) is 0.823. The van der Waals surface area contributed by atoms with E-state index >= 15 is 0 Å². The molecule has 2 nitrogen and oxygen atoms in total. The zero-order valence-corrected chi connectivity index (χ0v) is 9.95. The molecule has 0 heterocycles. The molecule has 84 valence electrons. The topological polar surface area (TPSA) is 37.3 Å². The molecular formula is C13H20O2. The summed E-state index contributed by atoms with van der Waals surface area (Å²) in [5.74, 6) is -0.258. The van der Waals surface area contributed by atoms with Crippen molar-refractivity contribution in [2.24, 2.45) is 5.92 Å². The summed E-state index contributed by atoms with van der Waals surface area (Å²) >= 11 is 0. The van der Waals surface area contributed by atoms with E-state index < -0.39 is 5.97 Å². The van der Waals surface area contributed by atoms with E-state index in [1.165, 1.54) is 5.56 Å². The number of carboxylic acids is 1. The second-order valence-corrected chi connectivity index (χ2v) is 3.60. The maximum atomic E-state index is 10.5. The fourth-order valence-corrected chi connectivity index (χ4v) is 1.25. The largest absolute Gasteiger partial charge is 0.478 e. The lowest BCUT2D eigenvalue weighted by molar-refractivity contribution is 0.0697. The molecule has 0 atom stereocenters. The Labute approximate surface area is 91.9 Å². The van der Waals surface area contributed by atoms with Crippen LogP contribution in [0, 0.1) is 5.92 Å². The van der Waals surface area contributed by atoms with Gasteiger partial charge in [0, 0.05) is 0 Å². The molecule has 1 N–H and O–H groups in total. The zero-order chi connectivity index (χ0) is 11.8. The highest BCUT2D eigenvalue weighted by molar-refractivity contribution is 5.87. The molecule has 2 heteroatoms. The monoisotopic (exact) mass is 208 g/mol. The van der Waals surface area contributed by atoms with Gasteiger partial charge in [-0.05, 0) is 30.0 Å². The Hall–Kier alpha value is -1.31. The third-order valence-electron chi connectivity index (χ3n) is 1.84. The van der Waals surface area contributed by atoms with Crippen LogP contribution in [0.1, 0.15) is 43.6 Å². The predicted octanol–water partition coefficient (Wildman–Crippen LogP) is 3.61. The molecule has 0 bridgehead atoms. The van der Waals surface area contributed by atoms with Crippen LogP contribution in [0.3, 0.4) is 0 Å². The third-order valence-corrected chi connectivity index (χ3v) is 1.84. The van der Waals surface area contributed by atoms with Gasteiger partial charge in [0.05, 0.1) is 5.56 Å². The molecular weight excluding hydrogens is 188 g/mol. The first-order chi connectivity index (χ1) is 7.09. The lowest BCUT2D eigenvalue weighted by Crippen LogP contribution is -1.98. The van der Waals surface area contributed by atoms with E-state index in [1.54, 1.807) is 12.1 Å². The number of hydrogen-bond acceptors (Lipinski definition) is 1. The van der Waals surface area contributed by atoms with Gasteiger partial charge in [-0.2, -0.15) is 0 Å². The van der Waals surface area contributed by atoms with Crippen molar-refractivity contribution in [2.75, 3.05) is 0 Å². The van der Waals surface area contributed by atoms with E-state index in [2.05, 4.69) is 13.8 Å². The van der Waals surface area contributed by atoms with Crippen LogP contribution in [0.2, 0.25) is 0 Å². The van der Waals surface area contributed by atoms with Gasteiger partial charge in [0.15, 0.2) is 0 Å². The summed E-state index contributed by atoms with van der Waals surface area (Å²) in [6.07, 6.45) is 1.000. The maximum Gasteiger partial charge on any atom is 0.335 e. The van der Waals surface area contributed by atoms with Gasteiger partial charge < -0.3 is 5.11 Å². The van der Waals surface area contributed by atoms with Crippen LogP contribution in [0.25, 0.3) is 0 Å². The number of aromatic carboxylic acids is 1. The lowest BCUT2D eigenvalue weighted by Gasteiger charge is -2.04. The van der Waals surface area contributed by atoms with Crippen LogP contribution >= 0.6 is 0 Å². The zero-order valence-electron chi connectivity index (χ0n) is 9.95. The SMILES string of the molecule is CC.CC(C)Cc1ccc(C(=O)O)cc1. The standard InChI is InChI=1S/C11H14O2.C2H6/c1-8(2)7-9-3-5-10(6-4-9)11(12)13;1-2/h3-6,8H,7H2,1-2H3,(H,12,13);1-2H3. The Bertz CT molecular complexity index is 286. The van der Waals surface area contributed by atoms with Gasteiger partial charge in [-0.15, -0.1) is 0 Å². The molecule has 0 aliphatic rings. The Balaban J connectivity index is 0.000000921. The molecule has 1 aromatic carbocycles. The highest BCUT2D eigenvalue weighted by atomic mass is 16.4. The fraction of sp³-hybridized carbons (Fsp3) is 0.462. The van der Waals surface area contributed by atoms with E-state index in [0.717, 1.165) is 6.42 Å². The summed E-state index contributed by atoms with van der Waals surface area (Å²) in [4.78, 5) is 10.5. The molecule has 0 saturated heterocycles. The molecule has 0 spiro atoms. The van der Waals surface area contributed by atoms with Crippen molar-refractivity contribution < 1.29 is 9.90 Å². The average molecular weight is 208 g/mol. The summed E-state index contributed by atoms with van der Waals surface area (Å²) < 4.78 is 0. The van der Waals surface area contributed by atoms with Crippen LogP contribution < -0.4 is 0 Å². The molecule has 0 aliphatic carbocycles. The number of rotatable bonds is 3. The number of benzene rings is 1. The Morgan fingerprint density at radius 2 is 1.67 bits per heavy atom. The predicted molar refractivity (Wildman–Crippen MR) is 63.3 cm³/mol. The Morgan fingerprint density at radius 1 is 1.20 bits per heavy atom. The minimum atomic E-state index is -0.865. The minimum Gasteiger partial charge on any atom is -0.478 e. The number of hydrogen-bond donors (Lipinski definition) is 1. The van der Waals surface area contributed by atoms with Crippen molar-refractivity contribution in [3.05, 3.63) is 35.4 Å². The second kappa shape index (κ2) is 7.04. The second-order valence-electron chi connectivity index (χ2n) is 3.60. The van der Waals surface area contributed by atoms with Crippen molar-refractivity contribution in [1.82, 2.24) is 0 Å². The average Bonchev–Trinajstić information content (AvgIpc) is 2.20. The number of carboxylic acid groups (broad SMARTS) is 1. The summed E-state index contributed by atoms with van der Waals surface area (Å²) in [6.45, 7) is 8.29. The van der Waals surface area contributed by atoms with Gasteiger partial charge in [-0.1, -0.05) is 39.8 Å². The molecule has 0 aliphatic heterocycles. The summed E-state index contributed by atoms with van der Waals surface area (Å²) in [6, 6.07) is 7.06. The molecule has 1 aromatic rings. The summed E-state index contributed by atoms with van der Waals surface area (Å²) in [7, 11) is 0. The highest BCUT2D eigenvalue weighted by Crippen LogP contribution is 2.09. The first kappa shape index (κ1) is 13.7. The maximum absolute atomic E-state index is 10.5. The minimum absolute atomic E-state index is 0.354. The van der Waals surface area contributed by atoms with Crippen LogP contribution in [0.15, 0.2) is 24.3 Å². The molecule has 0 saturated carbocycles. The number of carbonyl (C=O) groups is 1. The summed E-state index contributed by atoms with van der Waals surface area (Å²) in [5, 5.41) is 8.66. The first-order valence-electron chi connectivity index (χ1n) is 5.42. The van der Waals surface area contributed by atoms with E-state index in [9.17, 15) is 4.79 Å². The normalized spacial score (nSPS) is 9.40. The van der Waals surface area contributed by atoms with Gasteiger partial charge in [0.2, 0.25) is 0 Å². The molecule has 0 fully saturated rings. The van der Waals surface area contributed by atoms with Crippen LogP contribution in [0.5, 0.6) is 0 Å². The van der Waals surface area contributed by atoms with Crippen molar-refractivity contribution in [3.63, 3.8) is 0 Å². The van der Waals surface area contributed by atoms with Gasteiger partial charge in [0.25, 0.3) is 0 Å². The van der Waals surface area contributed by atoms with Gasteiger partial charge >= 0.3 is 5.97 Å². The molecule has 1 rings (SSSR count). The summed E-state index contributed by atoms with van der Waals surface area (Å²) in [5.41, 5.74) is 1.55. The Morgan fingerprint density at radius 3 is 2.00 bits per heavy atom. The van der Waals surface area contributed by atoms with Crippen molar-refractivity contribution >= 4 is 5.97 Å². The van der Waals surface area contributed by atoms with E-state index in [1.807, 2.05) is 26.0 Å². The van der Waals surface area contributed by atoms with Crippen LogP contribution in [-0.4, -0.2) is 11.1 Å². The molecule has 0 unspecified atom stereocenters. The van der Waals surface area contributed by atoms with Crippen molar-refractivity contribution in [1.29, 1.82) is 0 Å². The molecule has 15 heavy (non-hydrogen) atoms. The smallest absolute Gasteiger partial charge is 0.335 e. The fourth-order valence-electron chi connectivity index (χ4n) is 1.25. The van der Waals surface area contributed by atoms with E-state index in [-0.39, 0.29) is 0 Å². The van der Waals surface area contributed by atoms with E-state index in [4.69, 9.17) is 5.11 Å². The van der Waals surface area contributed by atoms with Gasteiger partial charge in [-0.25, -0.2) is 4.79 Å². The third kappa shape index (κ3) is 5.21. The molecule has 0 radical (unpaired) electrons. The van der Waals surface area contributed by atoms with Gasteiger partial charge in [-0.3, -0.25) is 0 Å². The van der Waals surface area contributed by atoms with E-state index in [0.29, 0.717) is 11.5 Å². The van der Waals surface area contributed by atoms with Crippen LogP contribution in [-0.2, 0) is 6.42 Å².